The fraction of sp³-hybridized carbons (Fsp3) is 0.320. The summed E-state index contributed by atoms with van der Waals surface area (Å²) in [5.41, 5.74) is 2.45. The zero-order chi connectivity index (χ0) is 24.2. The Morgan fingerprint density at radius 1 is 1.15 bits per heavy atom. The summed E-state index contributed by atoms with van der Waals surface area (Å²) in [6.45, 7) is 6.44. The van der Waals surface area contributed by atoms with E-state index in [9.17, 15) is 18.0 Å². The van der Waals surface area contributed by atoms with Gasteiger partial charge in [0.15, 0.2) is 0 Å². The summed E-state index contributed by atoms with van der Waals surface area (Å²) < 4.78 is 39.4. The highest BCUT2D eigenvalue weighted by Crippen LogP contribution is 2.40. The van der Waals surface area contributed by atoms with Crippen molar-refractivity contribution >= 4 is 28.3 Å². The van der Waals surface area contributed by atoms with E-state index in [-0.39, 0.29) is 23.4 Å². The van der Waals surface area contributed by atoms with Gasteiger partial charge in [-0.25, -0.2) is 9.97 Å². The van der Waals surface area contributed by atoms with Gasteiger partial charge in [-0.1, -0.05) is 36.8 Å². The Kier molecular flexibility index (Phi) is 5.47. The first kappa shape index (κ1) is 22.6. The van der Waals surface area contributed by atoms with E-state index in [0.29, 0.717) is 23.6 Å². The molecule has 0 spiro atoms. The summed E-state index contributed by atoms with van der Waals surface area (Å²) in [5.74, 6) is 0.400. The van der Waals surface area contributed by atoms with Crippen LogP contribution in [0, 0.1) is 19.8 Å². The normalized spacial score (nSPS) is 18.7. The van der Waals surface area contributed by atoms with E-state index in [1.54, 1.807) is 4.90 Å². The Morgan fingerprint density at radius 3 is 2.68 bits per heavy atom. The maximum atomic E-state index is 13.7. The van der Waals surface area contributed by atoms with Gasteiger partial charge in [0.2, 0.25) is 0 Å². The van der Waals surface area contributed by atoms with Gasteiger partial charge in [0.1, 0.15) is 11.5 Å². The minimum atomic E-state index is -4.44. The third kappa shape index (κ3) is 3.98. The summed E-state index contributed by atoms with van der Waals surface area (Å²) in [5, 5.41) is 0.798. The fourth-order valence-corrected chi connectivity index (χ4v) is 5.53. The Bertz CT molecular complexity index is 1390. The number of aromatic nitrogens is 3. The Labute approximate surface area is 198 Å². The van der Waals surface area contributed by atoms with E-state index in [4.69, 9.17) is 0 Å². The molecule has 4 aromatic rings. The first-order chi connectivity index (χ1) is 16.1. The molecular formula is C25H23F3N4OS. The van der Waals surface area contributed by atoms with E-state index in [1.165, 1.54) is 17.4 Å². The van der Waals surface area contributed by atoms with Gasteiger partial charge in [0, 0.05) is 6.54 Å². The third-order valence-electron chi connectivity index (χ3n) is 6.29. The van der Waals surface area contributed by atoms with Gasteiger partial charge in [-0.05, 0) is 49.9 Å². The average Bonchev–Trinajstić information content (AvgIpc) is 3.47. The van der Waals surface area contributed by atoms with Crippen molar-refractivity contribution in [1.29, 1.82) is 0 Å². The lowest BCUT2D eigenvalue weighted by Crippen LogP contribution is -2.33. The number of carbonyl (C=O) groups is 1. The van der Waals surface area contributed by atoms with Crippen LogP contribution in [0.3, 0.4) is 0 Å². The Balaban J connectivity index is 1.52. The number of hydrogen-bond acceptors (Lipinski definition) is 4. The van der Waals surface area contributed by atoms with E-state index < -0.39 is 11.7 Å². The van der Waals surface area contributed by atoms with E-state index in [1.807, 2.05) is 45.0 Å². The van der Waals surface area contributed by atoms with E-state index in [2.05, 4.69) is 15.0 Å². The van der Waals surface area contributed by atoms with Crippen molar-refractivity contribution in [2.45, 2.75) is 39.4 Å². The van der Waals surface area contributed by atoms with Gasteiger partial charge in [0.25, 0.3) is 5.91 Å². The van der Waals surface area contributed by atoms with E-state index in [0.717, 1.165) is 39.6 Å². The predicted molar refractivity (Wildman–Crippen MR) is 126 cm³/mol. The highest BCUT2D eigenvalue weighted by Gasteiger charge is 2.40. The van der Waals surface area contributed by atoms with Gasteiger partial charge in [-0.2, -0.15) is 13.2 Å². The second-order valence-electron chi connectivity index (χ2n) is 8.84. The summed E-state index contributed by atoms with van der Waals surface area (Å²) in [4.78, 5) is 28.5. The molecule has 0 radical (unpaired) electrons. The van der Waals surface area contributed by atoms with Gasteiger partial charge in [0.05, 0.1) is 32.5 Å². The molecule has 34 heavy (non-hydrogen) atoms. The molecule has 3 heterocycles. The molecule has 2 aromatic carbocycles. The SMILES string of the molecule is Cc1cccc(-c2sc(C)nc2C(=O)N2CC[C@H](C)[C@H]2c2nc3cc(C(F)(F)F)ccc3[nH]2)c1. The van der Waals surface area contributed by atoms with Crippen molar-refractivity contribution in [3.8, 4) is 10.4 Å². The van der Waals surface area contributed by atoms with Crippen LogP contribution in [0.2, 0.25) is 0 Å². The zero-order valence-corrected chi connectivity index (χ0v) is 19.7. The lowest BCUT2D eigenvalue weighted by molar-refractivity contribution is -0.137. The molecular weight excluding hydrogens is 461 g/mol. The maximum Gasteiger partial charge on any atom is 0.416 e. The molecule has 0 unspecified atom stereocenters. The first-order valence-electron chi connectivity index (χ1n) is 11.0. The Hall–Kier alpha value is -3.20. The van der Waals surface area contributed by atoms with Gasteiger partial charge in [-0.15, -0.1) is 11.3 Å². The molecule has 1 amide bonds. The molecule has 1 N–H and O–H groups in total. The van der Waals surface area contributed by atoms with Crippen molar-refractivity contribution < 1.29 is 18.0 Å². The molecule has 5 nitrogen and oxygen atoms in total. The molecule has 1 fully saturated rings. The van der Waals surface area contributed by atoms with Crippen LogP contribution in [-0.2, 0) is 6.18 Å². The number of carbonyl (C=O) groups excluding carboxylic acids is 1. The summed E-state index contributed by atoms with van der Waals surface area (Å²) >= 11 is 1.48. The molecule has 2 aromatic heterocycles. The quantitative estimate of drug-likeness (QED) is 0.359. The standard InChI is InChI=1S/C25H23F3N4OS/c1-13-5-4-6-16(11-13)22-20(29-15(3)34-22)24(33)32-10-9-14(2)21(32)23-30-18-8-7-17(25(26,27)28)12-19(18)31-23/h4-8,11-12,14,21H,9-10H2,1-3H3,(H,30,31)/t14-,21-/m0/s1. The molecule has 0 bridgehead atoms. The number of fused-ring (bicyclic) bond motifs is 1. The number of nitrogens with one attached hydrogen (secondary N) is 1. The van der Waals surface area contributed by atoms with Crippen LogP contribution in [0.1, 0.15) is 51.8 Å². The number of alkyl halides is 3. The van der Waals surface area contributed by atoms with Crippen molar-refractivity contribution in [1.82, 2.24) is 19.9 Å². The zero-order valence-electron chi connectivity index (χ0n) is 18.9. The number of nitrogens with zero attached hydrogens (tertiary/aromatic N) is 3. The average molecular weight is 485 g/mol. The Morgan fingerprint density at radius 2 is 1.94 bits per heavy atom. The number of halogens is 3. The molecule has 176 valence electrons. The number of rotatable bonds is 3. The minimum absolute atomic E-state index is 0.0914. The lowest BCUT2D eigenvalue weighted by atomic mass is 10.0. The summed E-state index contributed by atoms with van der Waals surface area (Å²) in [6.07, 6.45) is -3.67. The van der Waals surface area contributed by atoms with Gasteiger partial charge >= 0.3 is 6.18 Å². The molecule has 1 aliphatic heterocycles. The fourth-order valence-electron chi connectivity index (χ4n) is 4.62. The third-order valence-corrected chi connectivity index (χ3v) is 7.31. The van der Waals surface area contributed by atoms with Crippen LogP contribution in [-0.4, -0.2) is 32.3 Å². The first-order valence-corrected chi connectivity index (χ1v) is 11.9. The number of H-pyrrole nitrogens is 1. The number of amides is 1. The number of hydrogen-bond donors (Lipinski definition) is 1. The molecule has 0 saturated carbocycles. The summed E-state index contributed by atoms with van der Waals surface area (Å²) in [6, 6.07) is 11.1. The molecule has 1 aliphatic rings. The van der Waals surface area contributed by atoms with Crippen molar-refractivity contribution in [3.05, 3.63) is 70.1 Å². The number of aryl methyl sites for hydroxylation is 2. The van der Waals surface area contributed by atoms with E-state index >= 15 is 0 Å². The van der Waals surface area contributed by atoms with Crippen LogP contribution in [0.5, 0.6) is 0 Å². The number of aromatic amines is 1. The second kappa shape index (κ2) is 8.23. The number of imidazole rings is 1. The van der Waals surface area contributed by atoms with Crippen molar-refractivity contribution in [2.24, 2.45) is 5.92 Å². The highest BCUT2D eigenvalue weighted by molar-refractivity contribution is 7.15. The highest BCUT2D eigenvalue weighted by atomic mass is 32.1. The molecule has 0 aliphatic carbocycles. The topological polar surface area (TPSA) is 61.9 Å². The predicted octanol–water partition coefficient (Wildman–Crippen LogP) is 6.55. The molecule has 9 heteroatoms. The largest absolute Gasteiger partial charge is 0.416 e. The molecule has 2 atom stereocenters. The lowest BCUT2D eigenvalue weighted by Gasteiger charge is -2.25. The second-order valence-corrected chi connectivity index (χ2v) is 10.0. The number of thiazole rings is 1. The molecule has 5 rings (SSSR count). The van der Waals surface area contributed by atoms with Gasteiger partial charge in [-0.3, -0.25) is 4.79 Å². The van der Waals surface area contributed by atoms with Crippen LogP contribution in [0.4, 0.5) is 13.2 Å². The monoisotopic (exact) mass is 484 g/mol. The summed E-state index contributed by atoms with van der Waals surface area (Å²) in [7, 11) is 0. The van der Waals surface area contributed by atoms with Crippen molar-refractivity contribution in [2.75, 3.05) is 6.54 Å². The molecule has 1 saturated heterocycles. The van der Waals surface area contributed by atoms with Gasteiger partial charge < -0.3 is 9.88 Å². The number of benzene rings is 2. The number of likely N-dealkylation sites (tertiary alicyclic amines) is 1. The van der Waals surface area contributed by atoms with Crippen LogP contribution in [0.25, 0.3) is 21.5 Å². The van der Waals surface area contributed by atoms with Crippen LogP contribution >= 0.6 is 11.3 Å². The maximum absolute atomic E-state index is 13.7. The smallest absolute Gasteiger partial charge is 0.340 e. The van der Waals surface area contributed by atoms with Crippen molar-refractivity contribution in [3.63, 3.8) is 0 Å². The van der Waals surface area contributed by atoms with Crippen LogP contribution in [0.15, 0.2) is 42.5 Å². The minimum Gasteiger partial charge on any atom is -0.340 e. The van der Waals surface area contributed by atoms with Crippen LogP contribution < -0.4 is 0 Å².